The largest absolute Gasteiger partial charge is 0.439 e. The summed E-state index contributed by atoms with van der Waals surface area (Å²) < 4.78 is 5.36. The second-order valence-corrected chi connectivity index (χ2v) is 3.01. The summed E-state index contributed by atoms with van der Waals surface area (Å²) in [6.07, 6.45) is 0. The molecule has 4 heteroatoms. The standard InChI is InChI=1S/C9H9ClN2O/c10-4-9-12-7-2-1-6(5-11)3-8(7)13-9/h1-3H,4-5,11H2. The van der Waals surface area contributed by atoms with Crippen LogP contribution in [-0.2, 0) is 12.4 Å². The number of hydrogen-bond acceptors (Lipinski definition) is 3. The lowest BCUT2D eigenvalue weighted by Gasteiger charge is -1.92. The fraction of sp³-hybridized carbons (Fsp3) is 0.222. The van der Waals surface area contributed by atoms with Crippen LogP contribution in [0.25, 0.3) is 11.1 Å². The first-order valence-electron chi connectivity index (χ1n) is 3.98. The zero-order chi connectivity index (χ0) is 9.26. The number of oxazole rings is 1. The molecular weight excluding hydrogens is 188 g/mol. The van der Waals surface area contributed by atoms with Crippen LogP contribution in [0.2, 0.25) is 0 Å². The number of hydrogen-bond donors (Lipinski definition) is 1. The molecule has 1 heterocycles. The molecule has 68 valence electrons. The molecule has 0 saturated carbocycles. The van der Waals surface area contributed by atoms with Gasteiger partial charge in [-0.15, -0.1) is 11.6 Å². The summed E-state index contributed by atoms with van der Waals surface area (Å²) in [4.78, 5) is 4.17. The molecule has 2 aromatic rings. The number of nitrogens with two attached hydrogens (primary N) is 1. The Labute approximate surface area is 80.5 Å². The Morgan fingerprint density at radius 2 is 2.31 bits per heavy atom. The van der Waals surface area contributed by atoms with Crippen LogP contribution in [0.5, 0.6) is 0 Å². The lowest BCUT2D eigenvalue weighted by atomic mass is 10.2. The predicted molar refractivity (Wildman–Crippen MR) is 51.5 cm³/mol. The molecule has 0 fully saturated rings. The topological polar surface area (TPSA) is 52.0 Å². The zero-order valence-corrected chi connectivity index (χ0v) is 7.71. The van der Waals surface area contributed by atoms with Gasteiger partial charge in [-0.05, 0) is 17.7 Å². The fourth-order valence-electron chi connectivity index (χ4n) is 1.20. The maximum atomic E-state index is 5.59. The van der Waals surface area contributed by atoms with E-state index in [4.69, 9.17) is 21.8 Å². The van der Waals surface area contributed by atoms with Gasteiger partial charge in [0.15, 0.2) is 5.58 Å². The van der Waals surface area contributed by atoms with Crippen LogP contribution in [0.15, 0.2) is 22.6 Å². The highest BCUT2D eigenvalue weighted by Crippen LogP contribution is 2.17. The number of halogens is 1. The number of benzene rings is 1. The normalized spacial score (nSPS) is 10.9. The van der Waals surface area contributed by atoms with Crippen LogP contribution in [-0.4, -0.2) is 4.98 Å². The molecule has 1 aromatic carbocycles. The van der Waals surface area contributed by atoms with Crippen molar-refractivity contribution in [2.45, 2.75) is 12.4 Å². The third-order valence-electron chi connectivity index (χ3n) is 1.85. The van der Waals surface area contributed by atoms with Gasteiger partial charge in [-0.1, -0.05) is 6.07 Å². The minimum Gasteiger partial charge on any atom is -0.439 e. The van der Waals surface area contributed by atoms with E-state index in [1.807, 2.05) is 18.2 Å². The highest BCUT2D eigenvalue weighted by molar-refractivity contribution is 6.16. The van der Waals surface area contributed by atoms with E-state index in [1.54, 1.807) is 0 Å². The predicted octanol–water partition coefficient (Wildman–Crippen LogP) is 2.03. The van der Waals surface area contributed by atoms with Gasteiger partial charge >= 0.3 is 0 Å². The van der Waals surface area contributed by atoms with E-state index in [-0.39, 0.29) is 0 Å². The van der Waals surface area contributed by atoms with Crippen molar-refractivity contribution < 1.29 is 4.42 Å². The quantitative estimate of drug-likeness (QED) is 0.748. The Kier molecular flexibility index (Phi) is 2.20. The second kappa shape index (κ2) is 3.36. The monoisotopic (exact) mass is 196 g/mol. The first kappa shape index (κ1) is 8.53. The molecule has 0 bridgehead atoms. The van der Waals surface area contributed by atoms with Crippen molar-refractivity contribution in [3.63, 3.8) is 0 Å². The van der Waals surface area contributed by atoms with Crippen molar-refractivity contribution in [2.24, 2.45) is 5.73 Å². The van der Waals surface area contributed by atoms with Gasteiger partial charge in [-0.25, -0.2) is 4.98 Å². The molecule has 0 aliphatic rings. The molecule has 0 unspecified atom stereocenters. The van der Waals surface area contributed by atoms with E-state index in [9.17, 15) is 0 Å². The fourth-order valence-corrected chi connectivity index (χ4v) is 1.32. The molecule has 0 saturated heterocycles. The molecule has 0 spiro atoms. The Balaban J connectivity index is 2.57. The summed E-state index contributed by atoms with van der Waals surface area (Å²) >= 11 is 5.59. The Morgan fingerprint density at radius 3 is 3.00 bits per heavy atom. The van der Waals surface area contributed by atoms with E-state index in [0.717, 1.165) is 16.7 Å². The van der Waals surface area contributed by atoms with Crippen LogP contribution < -0.4 is 5.73 Å². The minimum atomic E-state index is 0.298. The van der Waals surface area contributed by atoms with E-state index in [0.29, 0.717) is 18.3 Å². The first-order valence-corrected chi connectivity index (χ1v) is 4.51. The Morgan fingerprint density at radius 1 is 1.46 bits per heavy atom. The van der Waals surface area contributed by atoms with Gasteiger partial charge in [-0.3, -0.25) is 0 Å². The van der Waals surface area contributed by atoms with Gasteiger partial charge < -0.3 is 10.2 Å². The molecule has 0 aliphatic heterocycles. The van der Waals surface area contributed by atoms with Gasteiger partial charge in [0, 0.05) is 6.54 Å². The minimum absolute atomic E-state index is 0.298. The molecule has 2 N–H and O–H groups in total. The van der Waals surface area contributed by atoms with E-state index in [2.05, 4.69) is 4.98 Å². The van der Waals surface area contributed by atoms with Gasteiger partial charge in [0.2, 0.25) is 5.89 Å². The smallest absolute Gasteiger partial charge is 0.210 e. The SMILES string of the molecule is NCc1ccc2nc(CCl)oc2c1. The summed E-state index contributed by atoms with van der Waals surface area (Å²) in [5, 5.41) is 0. The van der Waals surface area contributed by atoms with E-state index >= 15 is 0 Å². The van der Waals surface area contributed by atoms with Crippen molar-refractivity contribution in [3.8, 4) is 0 Å². The van der Waals surface area contributed by atoms with Gasteiger partial charge in [0.1, 0.15) is 5.52 Å². The molecule has 0 radical (unpaired) electrons. The molecule has 0 amide bonds. The number of alkyl halides is 1. The number of rotatable bonds is 2. The Hall–Kier alpha value is -1.06. The van der Waals surface area contributed by atoms with Crippen LogP contribution in [0.4, 0.5) is 0 Å². The summed E-state index contributed by atoms with van der Waals surface area (Å²) in [6, 6.07) is 5.71. The van der Waals surface area contributed by atoms with Crippen molar-refractivity contribution in [2.75, 3.05) is 0 Å². The van der Waals surface area contributed by atoms with Crippen LogP contribution in [0.1, 0.15) is 11.5 Å². The molecule has 13 heavy (non-hydrogen) atoms. The summed E-state index contributed by atoms with van der Waals surface area (Å²) in [7, 11) is 0. The van der Waals surface area contributed by atoms with E-state index < -0.39 is 0 Å². The highest BCUT2D eigenvalue weighted by Gasteiger charge is 2.04. The average molecular weight is 197 g/mol. The molecule has 3 nitrogen and oxygen atoms in total. The molecule has 2 rings (SSSR count). The summed E-state index contributed by atoms with van der Waals surface area (Å²) in [5.41, 5.74) is 8.10. The number of nitrogens with zero attached hydrogens (tertiary/aromatic N) is 1. The third kappa shape index (κ3) is 1.53. The maximum absolute atomic E-state index is 5.59. The summed E-state index contributed by atoms with van der Waals surface area (Å²) in [5.74, 6) is 0.845. The van der Waals surface area contributed by atoms with Crippen molar-refractivity contribution in [1.29, 1.82) is 0 Å². The van der Waals surface area contributed by atoms with Crippen LogP contribution in [0.3, 0.4) is 0 Å². The molecule has 1 aromatic heterocycles. The van der Waals surface area contributed by atoms with E-state index in [1.165, 1.54) is 0 Å². The van der Waals surface area contributed by atoms with Crippen molar-refractivity contribution in [3.05, 3.63) is 29.7 Å². The molecular formula is C9H9ClN2O. The lowest BCUT2D eigenvalue weighted by Crippen LogP contribution is -1.94. The summed E-state index contributed by atoms with van der Waals surface area (Å²) in [6.45, 7) is 0.507. The number of fused-ring (bicyclic) bond motifs is 1. The van der Waals surface area contributed by atoms with Gasteiger partial charge in [0.05, 0.1) is 5.88 Å². The lowest BCUT2D eigenvalue weighted by molar-refractivity contribution is 0.554. The highest BCUT2D eigenvalue weighted by atomic mass is 35.5. The van der Waals surface area contributed by atoms with Crippen molar-refractivity contribution >= 4 is 22.7 Å². The second-order valence-electron chi connectivity index (χ2n) is 2.75. The van der Waals surface area contributed by atoms with Crippen LogP contribution >= 0.6 is 11.6 Å². The third-order valence-corrected chi connectivity index (χ3v) is 2.08. The molecule has 0 aliphatic carbocycles. The van der Waals surface area contributed by atoms with Gasteiger partial charge in [-0.2, -0.15) is 0 Å². The maximum Gasteiger partial charge on any atom is 0.210 e. The zero-order valence-electron chi connectivity index (χ0n) is 6.96. The number of aromatic nitrogens is 1. The van der Waals surface area contributed by atoms with Crippen molar-refractivity contribution in [1.82, 2.24) is 4.98 Å². The first-order chi connectivity index (χ1) is 6.33. The average Bonchev–Trinajstić information content (AvgIpc) is 2.58. The molecule has 0 atom stereocenters. The van der Waals surface area contributed by atoms with Gasteiger partial charge in [0.25, 0.3) is 0 Å². The van der Waals surface area contributed by atoms with Crippen LogP contribution in [0, 0.1) is 0 Å². The Bertz CT molecular complexity index is 422.